The van der Waals surface area contributed by atoms with Crippen LogP contribution >= 0.6 is 0 Å². The van der Waals surface area contributed by atoms with Crippen molar-refractivity contribution >= 4 is 23.6 Å². The topological polar surface area (TPSA) is 82.9 Å². The van der Waals surface area contributed by atoms with E-state index in [1.807, 2.05) is 24.3 Å². The van der Waals surface area contributed by atoms with Crippen molar-refractivity contribution in [2.45, 2.75) is 0 Å². The Kier molecular flexibility index (Phi) is 3.97. The fraction of sp³-hybridized carbons (Fsp3) is 0.0588. The number of benzene rings is 2. The largest absolute Gasteiger partial charge is 0.508 e. The first-order valence-electron chi connectivity index (χ1n) is 6.96. The van der Waals surface area contributed by atoms with Gasteiger partial charge in [-0.1, -0.05) is 12.1 Å². The van der Waals surface area contributed by atoms with Crippen molar-refractivity contribution in [1.29, 1.82) is 0 Å². The summed E-state index contributed by atoms with van der Waals surface area (Å²) in [6.45, 7) is 0. The van der Waals surface area contributed by atoms with Gasteiger partial charge < -0.3 is 15.2 Å². The quantitative estimate of drug-likeness (QED) is 0.600. The molecular formula is C17H15N3O3. The summed E-state index contributed by atoms with van der Waals surface area (Å²) in [5.74, 6) is 0.944. The van der Waals surface area contributed by atoms with Gasteiger partial charge >= 0.3 is 0 Å². The highest BCUT2D eigenvalue weighted by Crippen LogP contribution is 2.18. The van der Waals surface area contributed by atoms with Crippen molar-refractivity contribution in [2.24, 2.45) is 4.99 Å². The third kappa shape index (κ3) is 3.49. The molecule has 3 N–H and O–H groups in total. The molecule has 0 spiro atoms. The van der Waals surface area contributed by atoms with Crippen molar-refractivity contribution in [3.05, 3.63) is 59.8 Å². The molecule has 6 nitrogen and oxygen atoms in total. The van der Waals surface area contributed by atoms with Gasteiger partial charge in [-0.05, 0) is 48.0 Å². The minimum absolute atomic E-state index is 0.173. The molecule has 0 radical (unpaired) electrons. The number of methoxy groups -OCH3 is 1. The summed E-state index contributed by atoms with van der Waals surface area (Å²) >= 11 is 0. The second-order valence-electron chi connectivity index (χ2n) is 4.89. The molecule has 0 atom stereocenters. The first-order valence-corrected chi connectivity index (χ1v) is 6.96. The van der Waals surface area contributed by atoms with Gasteiger partial charge in [0.05, 0.1) is 7.11 Å². The van der Waals surface area contributed by atoms with Gasteiger partial charge in [0.2, 0.25) is 5.96 Å². The molecule has 2 aromatic rings. The molecule has 1 amide bonds. The lowest BCUT2D eigenvalue weighted by atomic mass is 10.2. The van der Waals surface area contributed by atoms with E-state index < -0.39 is 0 Å². The molecule has 0 saturated heterocycles. The Hall–Kier alpha value is -3.28. The summed E-state index contributed by atoms with van der Waals surface area (Å²) in [5, 5.41) is 14.9. The van der Waals surface area contributed by atoms with Gasteiger partial charge in [-0.2, -0.15) is 0 Å². The lowest BCUT2D eigenvalue weighted by molar-refractivity contribution is -0.115. The number of phenols is 1. The maximum absolute atomic E-state index is 12.0. The Morgan fingerprint density at radius 3 is 2.74 bits per heavy atom. The van der Waals surface area contributed by atoms with E-state index >= 15 is 0 Å². The molecule has 1 aliphatic heterocycles. The number of anilines is 1. The predicted octanol–water partition coefficient (Wildman–Crippen LogP) is 2.34. The molecule has 0 aliphatic carbocycles. The minimum Gasteiger partial charge on any atom is -0.508 e. The molecule has 23 heavy (non-hydrogen) atoms. The van der Waals surface area contributed by atoms with E-state index in [1.54, 1.807) is 37.5 Å². The van der Waals surface area contributed by atoms with Crippen LogP contribution in [0, 0.1) is 0 Å². The normalized spacial score (nSPS) is 15.3. The molecule has 116 valence electrons. The van der Waals surface area contributed by atoms with Crippen LogP contribution in [-0.2, 0) is 4.79 Å². The number of hydrogen-bond acceptors (Lipinski definition) is 5. The van der Waals surface area contributed by atoms with Crippen LogP contribution in [0.15, 0.2) is 59.2 Å². The molecule has 1 heterocycles. The first-order chi connectivity index (χ1) is 11.1. The molecule has 0 fully saturated rings. The van der Waals surface area contributed by atoms with E-state index in [4.69, 9.17) is 4.74 Å². The second kappa shape index (κ2) is 6.23. The number of aromatic hydroxyl groups is 1. The molecule has 0 saturated carbocycles. The maximum atomic E-state index is 12.0. The molecule has 3 rings (SSSR count). The number of phenolic OH excluding ortho intramolecular Hbond substituents is 1. The van der Waals surface area contributed by atoms with E-state index in [1.165, 1.54) is 0 Å². The highest BCUT2D eigenvalue weighted by atomic mass is 16.5. The zero-order valence-corrected chi connectivity index (χ0v) is 12.4. The highest BCUT2D eigenvalue weighted by molar-refractivity contribution is 6.17. The number of hydrogen-bond donors (Lipinski definition) is 3. The minimum atomic E-state index is -0.283. The van der Waals surface area contributed by atoms with Crippen molar-refractivity contribution in [3.8, 4) is 11.5 Å². The van der Waals surface area contributed by atoms with Crippen LogP contribution in [0.2, 0.25) is 0 Å². The van der Waals surface area contributed by atoms with E-state index in [0.29, 0.717) is 23.1 Å². The third-order valence-electron chi connectivity index (χ3n) is 3.22. The number of carbonyl (C=O) groups is 1. The van der Waals surface area contributed by atoms with E-state index in [9.17, 15) is 9.90 Å². The zero-order valence-electron chi connectivity index (χ0n) is 12.4. The van der Waals surface area contributed by atoms with Crippen molar-refractivity contribution in [3.63, 3.8) is 0 Å². The van der Waals surface area contributed by atoms with Crippen LogP contribution < -0.4 is 15.4 Å². The first kappa shape index (κ1) is 14.6. The monoisotopic (exact) mass is 309 g/mol. The van der Waals surface area contributed by atoms with E-state index in [-0.39, 0.29) is 11.7 Å². The molecule has 0 unspecified atom stereocenters. The molecule has 2 aromatic carbocycles. The van der Waals surface area contributed by atoms with Gasteiger partial charge in [-0.3, -0.25) is 10.1 Å². The smallest absolute Gasteiger partial charge is 0.276 e. The summed E-state index contributed by atoms with van der Waals surface area (Å²) in [6, 6.07) is 13.8. The molecule has 1 aliphatic rings. The van der Waals surface area contributed by atoms with Crippen LogP contribution in [0.4, 0.5) is 5.69 Å². The molecule has 0 aromatic heterocycles. The Bertz CT molecular complexity index is 795. The summed E-state index contributed by atoms with van der Waals surface area (Å²) in [5.41, 5.74) is 1.84. The number of rotatable bonds is 3. The fourth-order valence-corrected chi connectivity index (χ4v) is 2.10. The average molecular weight is 309 g/mol. The Morgan fingerprint density at radius 2 is 2.00 bits per heavy atom. The zero-order chi connectivity index (χ0) is 16.2. The van der Waals surface area contributed by atoms with Gasteiger partial charge in [0.25, 0.3) is 5.91 Å². The average Bonchev–Trinajstić information content (AvgIpc) is 2.89. The lowest BCUT2D eigenvalue weighted by Crippen LogP contribution is -2.29. The van der Waals surface area contributed by atoms with Crippen molar-refractivity contribution in [1.82, 2.24) is 5.32 Å². The fourth-order valence-electron chi connectivity index (χ4n) is 2.10. The van der Waals surface area contributed by atoms with Crippen LogP contribution in [0.1, 0.15) is 5.56 Å². The SMILES string of the molecule is COc1cccc(/C=C2\N=C(Nc3ccc(O)cc3)NC2=O)c1. The van der Waals surface area contributed by atoms with Crippen LogP contribution in [0.5, 0.6) is 11.5 Å². The van der Waals surface area contributed by atoms with E-state index in [2.05, 4.69) is 15.6 Å². The van der Waals surface area contributed by atoms with Gasteiger partial charge in [0.15, 0.2) is 0 Å². The summed E-state index contributed by atoms with van der Waals surface area (Å²) < 4.78 is 5.16. The summed E-state index contributed by atoms with van der Waals surface area (Å²) in [6.07, 6.45) is 1.68. The number of amides is 1. The number of guanidine groups is 1. The predicted molar refractivity (Wildman–Crippen MR) is 88.3 cm³/mol. The molecule has 6 heteroatoms. The van der Waals surface area contributed by atoms with Gasteiger partial charge in [-0.15, -0.1) is 0 Å². The highest BCUT2D eigenvalue weighted by Gasteiger charge is 2.20. The molecule has 0 bridgehead atoms. The van der Waals surface area contributed by atoms with Gasteiger partial charge in [0, 0.05) is 5.69 Å². The number of aliphatic imine (C=N–C) groups is 1. The summed E-state index contributed by atoms with van der Waals surface area (Å²) in [4.78, 5) is 16.2. The summed E-state index contributed by atoms with van der Waals surface area (Å²) in [7, 11) is 1.59. The standard InChI is InChI=1S/C17H15N3O3/c1-23-14-4-2-3-11(9-14)10-15-16(22)20-17(19-15)18-12-5-7-13(21)8-6-12/h2-10,21H,1H3,(H2,18,19,20,22)/b15-10-. The lowest BCUT2D eigenvalue weighted by Gasteiger charge is -2.04. The Balaban J connectivity index is 1.80. The van der Waals surface area contributed by atoms with Crippen molar-refractivity contribution in [2.75, 3.05) is 12.4 Å². The number of nitrogens with one attached hydrogen (secondary N) is 2. The second-order valence-corrected chi connectivity index (χ2v) is 4.89. The third-order valence-corrected chi connectivity index (χ3v) is 3.22. The van der Waals surface area contributed by atoms with Gasteiger partial charge in [-0.25, -0.2) is 4.99 Å². The number of nitrogens with zero attached hydrogens (tertiary/aromatic N) is 1. The van der Waals surface area contributed by atoms with Crippen molar-refractivity contribution < 1.29 is 14.6 Å². The number of carbonyl (C=O) groups excluding carboxylic acids is 1. The Labute approximate surface area is 133 Å². The Morgan fingerprint density at radius 1 is 1.22 bits per heavy atom. The molecular weight excluding hydrogens is 294 g/mol. The van der Waals surface area contributed by atoms with E-state index in [0.717, 1.165) is 5.56 Å². The van der Waals surface area contributed by atoms with Crippen LogP contribution in [0.3, 0.4) is 0 Å². The maximum Gasteiger partial charge on any atom is 0.276 e. The number of ether oxygens (including phenoxy) is 1. The van der Waals surface area contributed by atoms with Gasteiger partial charge in [0.1, 0.15) is 17.2 Å². The van der Waals surface area contributed by atoms with Crippen LogP contribution in [-0.4, -0.2) is 24.1 Å². The van der Waals surface area contributed by atoms with Crippen LogP contribution in [0.25, 0.3) is 6.08 Å².